The van der Waals surface area contributed by atoms with Gasteiger partial charge in [0.25, 0.3) is 5.69 Å². The van der Waals surface area contributed by atoms with E-state index in [4.69, 9.17) is 0 Å². The van der Waals surface area contributed by atoms with Crippen LogP contribution in [0.2, 0.25) is 0 Å². The summed E-state index contributed by atoms with van der Waals surface area (Å²) in [4.78, 5) is 10.1. The summed E-state index contributed by atoms with van der Waals surface area (Å²) in [6, 6.07) is 3.56. The summed E-state index contributed by atoms with van der Waals surface area (Å²) in [5.41, 5.74) is 0.145. The fourth-order valence-electron chi connectivity index (χ4n) is 2.23. The molecule has 1 N–H and O–H groups in total. The van der Waals surface area contributed by atoms with Gasteiger partial charge >= 0.3 is 0 Å². The number of nitro groups is 1. The maximum atomic E-state index is 13.4. The van der Waals surface area contributed by atoms with Crippen molar-refractivity contribution in [3.8, 4) is 0 Å². The van der Waals surface area contributed by atoms with E-state index in [2.05, 4.69) is 5.32 Å². The van der Waals surface area contributed by atoms with Gasteiger partial charge in [-0.2, -0.15) is 0 Å². The molecule has 0 aromatic heterocycles. The van der Waals surface area contributed by atoms with Gasteiger partial charge in [-0.25, -0.2) is 4.39 Å². The van der Waals surface area contributed by atoms with E-state index >= 15 is 0 Å². The molecule has 0 radical (unpaired) electrons. The minimum atomic E-state index is -0.514. The molecule has 1 aromatic carbocycles. The van der Waals surface area contributed by atoms with Gasteiger partial charge in [-0.3, -0.25) is 10.1 Å². The minimum absolute atomic E-state index is 0.0830. The van der Waals surface area contributed by atoms with E-state index in [-0.39, 0.29) is 11.4 Å². The molecule has 92 valence electrons. The first-order chi connectivity index (χ1) is 8.16. The predicted octanol–water partition coefficient (Wildman–Crippen LogP) is 3.34. The lowest BCUT2D eigenvalue weighted by atomic mass is 10.1. The van der Waals surface area contributed by atoms with Crippen molar-refractivity contribution in [2.45, 2.75) is 25.7 Å². The van der Waals surface area contributed by atoms with E-state index in [0.717, 1.165) is 18.9 Å². The number of benzene rings is 1. The largest absolute Gasteiger partial charge is 0.382 e. The first-order valence-electron chi connectivity index (χ1n) is 5.84. The zero-order valence-electron chi connectivity index (χ0n) is 9.49. The molecule has 0 atom stereocenters. The Morgan fingerprint density at radius 2 is 2.12 bits per heavy atom. The van der Waals surface area contributed by atoms with Crippen molar-refractivity contribution in [1.29, 1.82) is 0 Å². The summed E-state index contributed by atoms with van der Waals surface area (Å²) in [6.07, 6.45) is 4.76. The fourth-order valence-corrected chi connectivity index (χ4v) is 2.23. The third kappa shape index (κ3) is 2.93. The Labute approximate surface area is 99.0 Å². The van der Waals surface area contributed by atoms with Crippen LogP contribution in [-0.2, 0) is 0 Å². The SMILES string of the molecule is O=[N+]([O-])c1ccc(F)c(NCC2CCCC2)c1. The fraction of sp³-hybridized carbons (Fsp3) is 0.500. The second-order valence-corrected chi connectivity index (χ2v) is 4.45. The molecule has 0 unspecified atom stereocenters. The third-order valence-electron chi connectivity index (χ3n) is 3.22. The monoisotopic (exact) mass is 238 g/mol. The molecule has 4 nitrogen and oxygen atoms in total. The maximum absolute atomic E-state index is 13.4. The van der Waals surface area contributed by atoms with E-state index in [0.29, 0.717) is 12.5 Å². The van der Waals surface area contributed by atoms with Crippen LogP contribution in [0, 0.1) is 21.8 Å². The second-order valence-electron chi connectivity index (χ2n) is 4.45. The summed E-state index contributed by atoms with van der Waals surface area (Å²) in [5, 5.41) is 13.6. The van der Waals surface area contributed by atoms with Crippen molar-refractivity contribution in [3.63, 3.8) is 0 Å². The van der Waals surface area contributed by atoms with Gasteiger partial charge in [0, 0.05) is 18.7 Å². The zero-order chi connectivity index (χ0) is 12.3. The molecule has 1 saturated carbocycles. The summed E-state index contributed by atoms with van der Waals surface area (Å²) in [7, 11) is 0. The van der Waals surface area contributed by atoms with Crippen LogP contribution in [0.4, 0.5) is 15.8 Å². The standard InChI is InChI=1S/C12H15FN2O2/c13-11-6-5-10(15(16)17)7-12(11)14-8-9-3-1-2-4-9/h5-7,9,14H,1-4,8H2. The number of halogens is 1. The molecule has 1 aliphatic rings. The van der Waals surface area contributed by atoms with Crippen LogP contribution in [-0.4, -0.2) is 11.5 Å². The van der Waals surface area contributed by atoms with Crippen molar-refractivity contribution in [2.75, 3.05) is 11.9 Å². The van der Waals surface area contributed by atoms with Crippen molar-refractivity contribution in [3.05, 3.63) is 34.1 Å². The van der Waals surface area contributed by atoms with Crippen LogP contribution < -0.4 is 5.32 Å². The summed E-state index contributed by atoms with van der Waals surface area (Å²) in [6.45, 7) is 0.693. The van der Waals surface area contributed by atoms with Crippen LogP contribution in [0.3, 0.4) is 0 Å². The first kappa shape index (κ1) is 11.8. The van der Waals surface area contributed by atoms with Crippen LogP contribution in [0.5, 0.6) is 0 Å². The lowest BCUT2D eigenvalue weighted by molar-refractivity contribution is -0.384. The highest BCUT2D eigenvalue weighted by Crippen LogP contribution is 2.26. The number of nitrogens with one attached hydrogen (secondary N) is 1. The van der Waals surface area contributed by atoms with Gasteiger partial charge in [0.2, 0.25) is 0 Å². The number of hydrogen-bond donors (Lipinski definition) is 1. The minimum Gasteiger partial charge on any atom is -0.382 e. The highest BCUT2D eigenvalue weighted by Gasteiger charge is 2.16. The highest BCUT2D eigenvalue weighted by atomic mass is 19.1. The third-order valence-corrected chi connectivity index (χ3v) is 3.22. The normalized spacial score (nSPS) is 16.1. The molecule has 0 aliphatic heterocycles. The lowest BCUT2D eigenvalue weighted by Gasteiger charge is -2.12. The zero-order valence-corrected chi connectivity index (χ0v) is 9.49. The van der Waals surface area contributed by atoms with E-state index in [1.807, 2.05) is 0 Å². The van der Waals surface area contributed by atoms with Crippen LogP contribution in [0.25, 0.3) is 0 Å². The van der Waals surface area contributed by atoms with Gasteiger partial charge in [0.05, 0.1) is 10.6 Å². The van der Waals surface area contributed by atoms with Crippen molar-refractivity contribution >= 4 is 11.4 Å². The lowest BCUT2D eigenvalue weighted by Crippen LogP contribution is -2.12. The molecule has 0 amide bonds. The van der Waals surface area contributed by atoms with E-state index in [9.17, 15) is 14.5 Å². The molecular weight excluding hydrogens is 223 g/mol. The van der Waals surface area contributed by atoms with E-state index in [1.165, 1.54) is 25.0 Å². The van der Waals surface area contributed by atoms with Crippen LogP contribution >= 0.6 is 0 Å². The van der Waals surface area contributed by atoms with Crippen LogP contribution in [0.15, 0.2) is 18.2 Å². The predicted molar refractivity (Wildman–Crippen MR) is 63.5 cm³/mol. The van der Waals surface area contributed by atoms with Crippen LogP contribution in [0.1, 0.15) is 25.7 Å². The van der Waals surface area contributed by atoms with Gasteiger partial charge in [-0.05, 0) is 24.8 Å². The number of hydrogen-bond acceptors (Lipinski definition) is 3. The first-order valence-corrected chi connectivity index (χ1v) is 5.84. The topological polar surface area (TPSA) is 55.2 Å². The molecule has 2 rings (SSSR count). The molecule has 0 spiro atoms. The van der Waals surface area contributed by atoms with E-state index in [1.54, 1.807) is 0 Å². The molecule has 0 heterocycles. The summed E-state index contributed by atoms with van der Waals surface area (Å²) in [5.74, 6) is 0.127. The van der Waals surface area contributed by atoms with Gasteiger partial charge < -0.3 is 5.32 Å². The average Bonchev–Trinajstić information content (AvgIpc) is 2.80. The Morgan fingerprint density at radius 1 is 1.41 bits per heavy atom. The Morgan fingerprint density at radius 3 is 2.76 bits per heavy atom. The van der Waals surface area contributed by atoms with Gasteiger partial charge in [-0.1, -0.05) is 12.8 Å². The molecule has 1 fully saturated rings. The summed E-state index contributed by atoms with van der Waals surface area (Å²) >= 11 is 0. The number of nitro benzene ring substituents is 1. The molecule has 1 aliphatic carbocycles. The van der Waals surface area contributed by atoms with Gasteiger partial charge in [-0.15, -0.1) is 0 Å². The molecule has 17 heavy (non-hydrogen) atoms. The number of anilines is 1. The molecule has 1 aromatic rings. The van der Waals surface area contributed by atoms with Crippen molar-refractivity contribution < 1.29 is 9.31 Å². The molecule has 0 bridgehead atoms. The van der Waals surface area contributed by atoms with Gasteiger partial charge in [0.1, 0.15) is 5.82 Å². The maximum Gasteiger partial charge on any atom is 0.271 e. The quantitative estimate of drug-likeness (QED) is 0.646. The highest BCUT2D eigenvalue weighted by molar-refractivity contribution is 5.52. The number of non-ortho nitro benzene ring substituents is 1. The van der Waals surface area contributed by atoms with E-state index < -0.39 is 10.7 Å². The Balaban J connectivity index is 2.03. The summed E-state index contributed by atoms with van der Waals surface area (Å²) < 4.78 is 13.4. The second kappa shape index (κ2) is 5.12. The Bertz CT molecular complexity index is 417. The van der Waals surface area contributed by atoms with Crippen molar-refractivity contribution in [2.24, 2.45) is 5.92 Å². The average molecular weight is 238 g/mol. The Kier molecular flexibility index (Phi) is 3.56. The Hall–Kier alpha value is -1.65. The van der Waals surface area contributed by atoms with Crippen molar-refractivity contribution in [1.82, 2.24) is 0 Å². The number of rotatable bonds is 4. The number of nitrogens with zero attached hydrogens (tertiary/aromatic N) is 1. The van der Waals surface area contributed by atoms with Gasteiger partial charge in [0.15, 0.2) is 0 Å². The molecule has 0 saturated heterocycles. The smallest absolute Gasteiger partial charge is 0.271 e. The molecular formula is C12H15FN2O2. The molecule has 5 heteroatoms.